The Bertz CT molecular complexity index is 832. The first-order valence-corrected chi connectivity index (χ1v) is 9.74. The van der Waals surface area contributed by atoms with Gasteiger partial charge in [-0.2, -0.15) is 0 Å². The van der Waals surface area contributed by atoms with Crippen molar-refractivity contribution in [3.8, 4) is 17.2 Å². The molecule has 0 radical (unpaired) electrons. The second kappa shape index (κ2) is 9.15. The lowest BCUT2D eigenvalue weighted by Gasteiger charge is -2.13. The monoisotopic (exact) mass is 377 g/mol. The minimum atomic E-state index is -3.76. The summed E-state index contributed by atoms with van der Waals surface area (Å²) in [6, 6.07) is 11.2. The van der Waals surface area contributed by atoms with Crippen LogP contribution in [0.1, 0.15) is 13.8 Å². The van der Waals surface area contributed by atoms with Crippen LogP contribution in [0.15, 0.2) is 60.0 Å². The van der Waals surface area contributed by atoms with Crippen LogP contribution in [0, 0.1) is 0 Å². The molecule has 2 aromatic carbocycles. The molecule has 0 aliphatic carbocycles. The Morgan fingerprint density at radius 1 is 0.962 bits per heavy atom. The number of hydrogen-bond acceptors (Lipinski definition) is 5. The summed E-state index contributed by atoms with van der Waals surface area (Å²) in [4.78, 5) is 0.0939. The van der Waals surface area contributed by atoms with Crippen molar-refractivity contribution in [2.45, 2.75) is 18.7 Å². The first-order valence-electron chi connectivity index (χ1n) is 8.26. The predicted molar refractivity (Wildman–Crippen MR) is 102 cm³/mol. The van der Waals surface area contributed by atoms with Gasteiger partial charge in [0.15, 0.2) is 11.5 Å². The highest BCUT2D eigenvalue weighted by atomic mass is 32.2. The third-order valence-corrected chi connectivity index (χ3v) is 4.68. The summed E-state index contributed by atoms with van der Waals surface area (Å²) < 4.78 is 44.1. The van der Waals surface area contributed by atoms with E-state index >= 15 is 0 Å². The van der Waals surface area contributed by atoms with E-state index in [1.54, 1.807) is 36.4 Å². The van der Waals surface area contributed by atoms with E-state index in [4.69, 9.17) is 14.2 Å². The maximum absolute atomic E-state index is 12.6. The van der Waals surface area contributed by atoms with Crippen molar-refractivity contribution in [1.29, 1.82) is 0 Å². The molecule has 0 saturated carbocycles. The van der Waals surface area contributed by atoms with Crippen LogP contribution in [-0.4, -0.2) is 28.2 Å². The third kappa shape index (κ3) is 5.16. The molecule has 0 saturated heterocycles. The van der Waals surface area contributed by atoms with Crippen LogP contribution in [0.25, 0.3) is 0 Å². The van der Waals surface area contributed by atoms with Gasteiger partial charge in [-0.15, -0.1) is 0 Å². The van der Waals surface area contributed by atoms with E-state index in [2.05, 4.69) is 11.3 Å². The lowest BCUT2D eigenvalue weighted by Crippen LogP contribution is -2.13. The molecule has 0 unspecified atom stereocenters. The molecule has 140 valence electrons. The number of nitrogens with one attached hydrogen (secondary N) is 1. The van der Waals surface area contributed by atoms with Gasteiger partial charge in [0.1, 0.15) is 12.4 Å². The van der Waals surface area contributed by atoms with Gasteiger partial charge in [-0.05, 0) is 50.2 Å². The molecule has 1 N–H and O–H groups in total. The standard InChI is InChI=1S/C19H23NO5S/c1-4-13-25-16-9-7-15(8-10-16)20-26(21,22)17-11-12-18(23-5-2)19(14-17)24-6-3/h4,7-12,14,20H,1,5-6,13H2,2-3H3. The Labute approximate surface area is 154 Å². The van der Waals surface area contributed by atoms with Gasteiger partial charge in [-0.3, -0.25) is 4.72 Å². The number of benzene rings is 2. The number of hydrogen-bond donors (Lipinski definition) is 1. The average molecular weight is 377 g/mol. The van der Waals surface area contributed by atoms with E-state index in [1.807, 2.05) is 13.8 Å². The minimum Gasteiger partial charge on any atom is -0.490 e. The molecule has 6 nitrogen and oxygen atoms in total. The van der Waals surface area contributed by atoms with Gasteiger partial charge < -0.3 is 14.2 Å². The molecule has 0 atom stereocenters. The van der Waals surface area contributed by atoms with Crippen molar-refractivity contribution in [2.24, 2.45) is 0 Å². The van der Waals surface area contributed by atoms with E-state index in [1.165, 1.54) is 12.1 Å². The van der Waals surface area contributed by atoms with Gasteiger partial charge in [0.2, 0.25) is 0 Å². The van der Waals surface area contributed by atoms with Crippen molar-refractivity contribution in [3.05, 3.63) is 55.1 Å². The fourth-order valence-electron chi connectivity index (χ4n) is 2.19. The lowest BCUT2D eigenvalue weighted by molar-refractivity contribution is 0.287. The van der Waals surface area contributed by atoms with Crippen LogP contribution >= 0.6 is 0 Å². The molecule has 0 aliphatic heterocycles. The maximum Gasteiger partial charge on any atom is 0.262 e. The van der Waals surface area contributed by atoms with Crippen LogP contribution in [-0.2, 0) is 10.0 Å². The van der Waals surface area contributed by atoms with Crippen LogP contribution in [0.2, 0.25) is 0 Å². The first kappa shape index (κ1) is 19.7. The van der Waals surface area contributed by atoms with Crippen molar-refractivity contribution in [3.63, 3.8) is 0 Å². The summed E-state index contributed by atoms with van der Waals surface area (Å²) in [5.41, 5.74) is 0.433. The third-order valence-electron chi connectivity index (χ3n) is 3.30. The molecule has 0 aliphatic rings. The second-order valence-electron chi connectivity index (χ2n) is 5.20. The van der Waals surface area contributed by atoms with E-state index in [-0.39, 0.29) is 4.90 Å². The van der Waals surface area contributed by atoms with Crippen molar-refractivity contribution in [1.82, 2.24) is 0 Å². The predicted octanol–water partition coefficient (Wildman–Crippen LogP) is 3.85. The molecular weight excluding hydrogens is 354 g/mol. The molecule has 2 rings (SSSR count). The number of sulfonamides is 1. The van der Waals surface area contributed by atoms with Crippen molar-refractivity contribution < 1.29 is 22.6 Å². The first-order chi connectivity index (χ1) is 12.5. The average Bonchev–Trinajstić information content (AvgIpc) is 2.62. The summed E-state index contributed by atoms with van der Waals surface area (Å²) >= 11 is 0. The summed E-state index contributed by atoms with van der Waals surface area (Å²) in [5, 5.41) is 0. The zero-order chi connectivity index (χ0) is 19.0. The summed E-state index contributed by atoms with van der Waals surface area (Å²) in [6.45, 7) is 8.51. The van der Waals surface area contributed by atoms with Gasteiger partial charge in [0.05, 0.1) is 18.1 Å². The molecular formula is C19H23NO5S. The second-order valence-corrected chi connectivity index (χ2v) is 6.89. The zero-order valence-electron chi connectivity index (χ0n) is 14.9. The highest BCUT2D eigenvalue weighted by Crippen LogP contribution is 2.31. The van der Waals surface area contributed by atoms with Gasteiger partial charge in [-0.25, -0.2) is 8.42 Å². The van der Waals surface area contributed by atoms with E-state index < -0.39 is 10.0 Å². The Morgan fingerprint density at radius 3 is 2.23 bits per heavy atom. The van der Waals surface area contributed by atoms with Crippen LogP contribution in [0.3, 0.4) is 0 Å². The minimum absolute atomic E-state index is 0.0939. The molecule has 7 heteroatoms. The maximum atomic E-state index is 12.6. The van der Waals surface area contributed by atoms with Gasteiger partial charge in [0.25, 0.3) is 10.0 Å². The Kier molecular flexibility index (Phi) is 6.91. The summed E-state index contributed by atoms with van der Waals surface area (Å²) in [6.07, 6.45) is 1.64. The van der Waals surface area contributed by atoms with Crippen LogP contribution in [0.5, 0.6) is 17.2 Å². The highest BCUT2D eigenvalue weighted by molar-refractivity contribution is 7.92. The normalized spacial score (nSPS) is 10.8. The Balaban J connectivity index is 2.21. The largest absolute Gasteiger partial charge is 0.490 e. The van der Waals surface area contributed by atoms with Crippen LogP contribution in [0.4, 0.5) is 5.69 Å². The molecule has 0 fully saturated rings. The molecule has 0 spiro atoms. The lowest BCUT2D eigenvalue weighted by atomic mass is 10.3. The van der Waals surface area contributed by atoms with Gasteiger partial charge in [-0.1, -0.05) is 12.7 Å². The highest BCUT2D eigenvalue weighted by Gasteiger charge is 2.17. The number of rotatable bonds is 10. The smallest absolute Gasteiger partial charge is 0.262 e. The fraction of sp³-hybridized carbons (Fsp3) is 0.263. The van der Waals surface area contributed by atoms with Gasteiger partial charge in [0, 0.05) is 11.8 Å². The quantitative estimate of drug-likeness (QED) is 0.637. The topological polar surface area (TPSA) is 73.9 Å². The zero-order valence-corrected chi connectivity index (χ0v) is 15.7. The molecule has 0 bridgehead atoms. The fourth-order valence-corrected chi connectivity index (χ4v) is 3.26. The summed E-state index contributed by atoms with van der Waals surface area (Å²) in [5.74, 6) is 1.54. The molecule has 26 heavy (non-hydrogen) atoms. The van der Waals surface area contributed by atoms with E-state index in [0.29, 0.717) is 42.8 Å². The molecule has 0 amide bonds. The van der Waals surface area contributed by atoms with E-state index in [0.717, 1.165) is 0 Å². The Hall–Kier alpha value is -2.67. The van der Waals surface area contributed by atoms with Crippen molar-refractivity contribution in [2.75, 3.05) is 24.5 Å². The Morgan fingerprint density at radius 2 is 1.62 bits per heavy atom. The molecule has 0 aromatic heterocycles. The number of anilines is 1. The van der Waals surface area contributed by atoms with E-state index in [9.17, 15) is 8.42 Å². The molecule has 0 heterocycles. The van der Waals surface area contributed by atoms with Gasteiger partial charge >= 0.3 is 0 Å². The number of ether oxygens (including phenoxy) is 3. The molecule has 2 aromatic rings. The summed E-state index contributed by atoms with van der Waals surface area (Å²) in [7, 11) is -3.76. The SMILES string of the molecule is C=CCOc1ccc(NS(=O)(=O)c2ccc(OCC)c(OCC)c2)cc1. The van der Waals surface area contributed by atoms with Crippen molar-refractivity contribution >= 4 is 15.7 Å². The van der Waals surface area contributed by atoms with Crippen LogP contribution < -0.4 is 18.9 Å².